The fourth-order valence-corrected chi connectivity index (χ4v) is 6.76. The smallest absolute Gasteiger partial charge is 0.323 e. The van der Waals surface area contributed by atoms with Crippen LogP contribution in [-0.2, 0) is 24.8 Å². The number of imide groups is 1. The number of carbonyl (C=O) groups is 3. The lowest BCUT2D eigenvalue weighted by Gasteiger charge is -2.36. The van der Waals surface area contributed by atoms with Crippen molar-refractivity contribution in [3.05, 3.63) is 11.8 Å². The van der Waals surface area contributed by atoms with Gasteiger partial charge in [0.25, 0.3) is 5.91 Å². The Morgan fingerprint density at radius 2 is 2.00 bits per heavy atom. The van der Waals surface area contributed by atoms with Gasteiger partial charge in [-0.2, -0.15) is 5.10 Å². The molecule has 3 aliphatic rings. The van der Waals surface area contributed by atoms with Crippen LogP contribution in [0, 0.1) is 5.92 Å². The molecular weight excluding hydrogens is 446 g/mol. The number of hydrogen-bond donors (Lipinski definition) is 2. The van der Waals surface area contributed by atoms with Crippen LogP contribution < -0.4 is 10.6 Å². The molecule has 0 radical (unpaired) electrons. The summed E-state index contributed by atoms with van der Waals surface area (Å²) in [6.07, 6.45) is 3.72. The van der Waals surface area contributed by atoms with E-state index < -0.39 is 33.9 Å². The molecule has 2 saturated heterocycles. The van der Waals surface area contributed by atoms with Gasteiger partial charge < -0.3 is 10.6 Å². The van der Waals surface area contributed by atoms with Crippen LogP contribution in [0.2, 0.25) is 0 Å². The van der Waals surface area contributed by atoms with Gasteiger partial charge in [-0.3, -0.25) is 14.5 Å². The fraction of sp³-hybridized carbons (Fsp3) is 0.727. The molecule has 33 heavy (non-hydrogen) atoms. The molecule has 182 valence electrons. The molecule has 1 spiro atoms. The van der Waals surface area contributed by atoms with Crippen LogP contribution in [-0.4, -0.2) is 64.5 Å². The van der Waals surface area contributed by atoms with Gasteiger partial charge in [-0.05, 0) is 25.2 Å². The standard InChI is InChI=1S/C22H33N5O5S/c1-14-7-5-6-9-22(14)19(29)26(20(30)24-22)12-18(28)23-17-11-16(21(2,3)4)25-27(17)15-8-10-33(31,32)13-15/h11,14-15H,5-10,12-13H2,1-4H3,(H,23,28)(H,24,30). The van der Waals surface area contributed by atoms with Gasteiger partial charge in [0, 0.05) is 11.5 Å². The van der Waals surface area contributed by atoms with Gasteiger partial charge in [0.1, 0.15) is 17.9 Å². The summed E-state index contributed by atoms with van der Waals surface area (Å²) in [4.78, 5) is 39.7. The first-order chi connectivity index (χ1) is 15.3. The Morgan fingerprint density at radius 3 is 2.61 bits per heavy atom. The molecular formula is C22H33N5O5S. The van der Waals surface area contributed by atoms with E-state index in [0.717, 1.165) is 24.2 Å². The van der Waals surface area contributed by atoms with Gasteiger partial charge >= 0.3 is 6.03 Å². The first-order valence-corrected chi connectivity index (χ1v) is 13.4. The molecule has 3 atom stereocenters. The van der Waals surface area contributed by atoms with Crippen molar-refractivity contribution in [2.45, 2.75) is 76.8 Å². The lowest BCUT2D eigenvalue weighted by atomic mass is 9.73. The molecule has 0 aromatic carbocycles. The highest BCUT2D eigenvalue weighted by molar-refractivity contribution is 7.91. The van der Waals surface area contributed by atoms with Crippen molar-refractivity contribution < 1.29 is 22.8 Å². The topological polar surface area (TPSA) is 130 Å². The molecule has 3 heterocycles. The quantitative estimate of drug-likeness (QED) is 0.635. The number of sulfone groups is 1. The molecule has 1 saturated carbocycles. The fourth-order valence-electron chi connectivity index (χ4n) is 5.07. The summed E-state index contributed by atoms with van der Waals surface area (Å²) in [5.74, 6) is -0.440. The van der Waals surface area contributed by atoms with Gasteiger partial charge in [0.05, 0.1) is 23.2 Å². The third kappa shape index (κ3) is 4.39. The van der Waals surface area contributed by atoms with Crippen LogP contribution in [0.15, 0.2) is 6.07 Å². The van der Waals surface area contributed by atoms with Crippen molar-refractivity contribution in [2.24, 2.45) is 5.92 Å². The Kier molecular flexibility index (Phi) is 5.83. The first-order valence-electron chi connectivity index (χ1n) is 11.6. The molecule has 2 aliphatic heterocycles. The molecule has 1 aliphatic carbocycles. The highest BCUT2D eigenvalue weighted by Gasteiger charge is 2.55. The van der Waals surface area contributed by atoms with E-state index in [1.54, 1.807) is 10.7 Å². The predicted octanol–water partition coefficient (Wildman–Crippen LogP) is 1.98. The average molecular weight is 480 g/mol. The Morgan fingerprint density at radius 1 is 1.27 bits per heavy atom. The summed E-state index contributed by atoms with van der Waals surface area (Å²) in [7, 11) is -3.15. The monoisotopic (exact) mass is 479 g/mol. The second-order valence-electron chi connectivity index (χ2n) is 10.7. The normalized spacial score (nSPS) is 29.5. The molecule has 2 N–H and O–H groups in total. The number of rotatable bonds is 4. The number of amides is 4. The second-order valence-corrected chi connectivity index (χ2v) is 12.9. The van der Waals surface area contributed by atoms with Crippen LogP contribution >= 0.6 is 0 Å². The zero-order valence-electron chi connectivity index (χ0n) is 19.7. The molecule has 1 aromatic heterocycles. The van der Waals surface area contributed by atoms with Crippen molar-refractivity contribution >= 4 is 33.5 Å². The van der Waals surface area contributed by atoms with Crippen LogP contribution in [0.3, 0.4) is 0 Å². The van der Waals surface area contributed by atoms with E-state index >= 15 is 0 Å². The van der Waals surface area contributed by atoms with Crippen LogP contribution in [0.4, 0.5) is 10.6 Å². The van der Waals surface area contributed by atoms with Crippen LogP contribution in [0.5, 0.6) is 0 Å². The molecule has 1 aromatic rings. The number of carbonyl (C=O) groups excluding carboxylic acids is 3. The van der Waals surface area contributed by atoms with Gasteiger partial charge in [-0.25, -0.2) is 17.9 Å². The SMILES string of the molecule is CC1CCCCC12NC(=O)N(CC(=O)Nc1cc(C(C)(C)C)nn1C1CCS(=O)(=O)C1)C2=O. The molecule has 4 amide bonds. The molecule has 0 bridgehead atoms. The van der Waals surface area contributed by atoms with E-state index in [2.05, 4.69) is 15.7 Å². The molecule has 4 rings (SSSR count). The van der Waals surface area contributed by atoms with Gasteiger partial charge in [-0.15, -0.1) is 0 Å². The van der Waals surface area contributed by atoms with E-state index in [9.17, 15) is 22.8 Å². The zero-order valence-corrected chi connectivity index (χ0v) is 20.5. The minimum atomic E-state index is -3.15. The van der Waals surface area contributed by atoms with E-state index in [0.29, 0.717) is 24.4 Å². The Labute approximate surface area is 194 Å². The number of nitrogens with zero attached hydrogens (tertiary/aromatic N) is 3. The lowest BCUT2D eigenvalue weighted by molar-refractivity contribution is -0.136. The number of hydrogen-bond acceptors (Lipinski definition) is 6. The number of anilines is 1. The van der Waals surface area contributed by atoms with Crippen molar-refractivity contribution in [3.8, 4) is 0 Å². The Balaban J connectivity index is 1.53. The highest BCUT2D eigenvalue weighted by Crippen LogP contribution is 2.38. The van der Waals surface area contributed by atoms with E-state index in [4.69, 9.17) is 0 Å². The summed E-state index contributed by atoms with van der Waals surface area (Å²) >= 11 is 0. The molecule has 11 heteroatoms. The lowest BCUT2D eigenvalue weighted by Crippen LogP contribution is -2.54. The van der Waals surface area contributed by atoms with E-state index in [1.165, 1.54) is 0 Å². The summed E-state index contributed by atoms with van der Waals surface area (Å²) in [5, 5.41) is 10.2. The summed E-state index contributed by atoms with van der Waals surface area (Å²) < 4.78 is 25.6. The minimum Gasteiger partial charge on any atom is -0.323 e. The zero-order chi connectivity index (χ0) is 24.2. The van der Waals surface area contributed by atoms with Crippen LogP contribution in [0.1, 0.15) is 71.5 Å². The molecule has 10 nitrogen and oxygen atoms in total. The first kappa shape index (κ1) is 23.7. The van der Waals surface area contributed by atoms with E-state index in [-0.39, 0.29) is 34.8 Å². The third-order valence-electron chi connectivity index (χ3n) is 7.13. The molecule has 3 unspecified atom stereocenters. The second kappa shape index (κ2) is 8.11. The largest absolute Gasteiger partial charge is 0.325 e. The maximum atomic E-state index is 13.2. The number of nitrogens with one attached hydrogen (secondary N) is 2. The number of urea groups is 1. The van der Waals surface area contributed by atoms with Crippen molar-refractivity contribution in [2.75, 3.05) is 23.4 Å². The predicted molar refractivity (Wildman–Crippen MR) is 122 cm³/mol. The third-order valence-corrected chi connectivity index (χ3v) is 8.88. The Bertz CT molecular complexity index is 1090. The highest BCUT2D eigenvalue weighted by atomic mass is 32.2. The maximum Gasteiger partial charge on any atom is 0.325 e. The van der Waals surface area contributed by atoms with Gasteiger partial charge in [-0.1, -0.05) is 40.5 Å². The van der Waals surface area contributed by atoms with Crippen LogP contribution in [0.25, 0.3) is 0 Å². The molecule has 3 fully saturated rings. The van der Waals surface area contributed by atoms with Crippen molar-refractivity contribution in [1.29, 1.82) is 0 Å². The van der Waals surface area contributed by atoms with Gasteiger partial charge in [0.15, 0.2) is 9.84 Å². The average Bonchev–Trinajstić information content (AvgIpc) is 3.35. The summed E-state index contributed by atoms with van der Waals surface area (Å²) in [5.41, 5.74) is -0.516. The summed E-state index contributed by atoms with van der Waals surface area (Å²) in [6.45, 7) is 7.50. The summed E-state index contributed by atoms with van der Waals surface area (Å²) in [6, 6.07) is 0.818. The minimum absolute atomic E-state index is 0.0100. The van der Waals surface area contributed by atoms with Crippen molar-refractivity contribution in [3.63, 3.8) is 0 Å². The van der Waals surface area contributed by atoms with Crippen molar-refractivity contribution in [1.82, 2.24) is 20.0 Å². The number of aromatic nitrogens is 2. The maximum absolute atomic E-state index is 13.2. The Hall–Kier alpha value is -2.43. The van der Waals surface area contributed by atoms with Gasteiger partial charge in [0.2, 0.25) is 5.91 Å². The van der Waals surface area contributed by atoms with E-state index in [1.807, 2.05) is 27.7 Å².